The molecule has 0 aliphatic carbocycles. The first kappa shape index (κ1) is 10.4. The minimum absolute atomic E-state index is 0.375. The zero-order valence-corrected chi connectivity index (χ0v) is 9.49. The van der Waals surface area contributed by atoms with E-state index in [1.54, 1.807) is 18.5 Å². The lowest BCUT2D eigenvalue weighted by Crippen LogP contribution is -2.10. The number of nitrogens with zero attached hydrogens (tertiary/aromatic N) is 1. The average Bonchev–Trinajstić information content (AvgIpc) is 2.89. The Balaban J connectivity index is 1.90. The summed E-state index contributed by atoms with van der Waals surface area (Å²) in [5.41, 5.74) is 1.29. The minimum atomic E-state index is -1.05. The summed E-state index contributed by atoms with van der Waals surface area (Å²) in [5.74, 6) is -0.375. The molecule has 1 unspecified atom stereocenters. The molecule has 1 aromatic carbocycles. The third kappa shape index (κ3) is 1.81. The maximum Gasteiger partial charge on any atom is 0.257 e. The number of aliphatic hydroxyl groups is 1. The van der Waals surface area contributed by atoms with Gasteiger partial charge in [-0.1, -0.05) is 17.8 Å². The molecule has 0 radical (unpaired) electrons. The van der Waals surface area contributed by atoms with Crippen LogP contribution in [0, 0.1) is 0 Å². The third-order valence-electron chi connectivity index (χ3n) is 2.51. The second-order valence-corrected chi connectivity index (χ2v) is 4.70. The Morgan fingerprint density at radius 1 is 1.41 bits per heavy atom. The van der Waals surface area contributed by atoms with E-state index >= 15 is 0 Å². The molecule has 1 aliphatic heterocycles. The quantitative estimate of drug-likeness (QED) is 0.752. The van der Waals surface area contributed by atoms with Crippen molar-refractivity contribution in [2.24, 2.45) is 0 Å². The monoisotopic (exact) mass is 247 g/mol. The Labute approximate surface area is 101 Å². The molecule has 0 saturated carbocycles. The first-order valence-corrected chi connectivity index (χ1v) is 5.86. The Bertz CT molecular complexity index is 568. The van der Waals surface area contributed by atoms with Crippen molar-refractivity contribution in [3.8, 4) is 0 Å². The molecule has 17 heavy (non-hydrogen) atoms. The fourth-order valence-electron chi connectivity index (χ4n) is 1.71. The SMILES string of the molecule is O=C1Nc2cc(Sc3ncc[nH]3)ccc2C1O. The molecule has 2 heterocycles. The summed E-state index contributed by atoms with van der Waals surface area (Å²) in [5, 5.41) is 13.0. The number of amides is 1. The maximum atomic E-state index is 11.3. The summed E-state index contributed by atoms with van der Waals surface area (Å²) < 4.78 is 0. The Hall–Kier alpha value is -1.79. The standard InChI is InChI=1S/C11H9N3O2S/c15-9-7-2-1-6(5-8(7)14-10(9)16)17-11-12-3-4-13-11/h1-5,9,15H,(H,12,13)(H,14,16). The predicted octanol–water partition coefficient (Wildman–Crippen LogP) is 1.55. The number of rotatable bonds is 2. The molecule has 5 nitrogen and oxygen atoms in total. The van der Waals surface area contributed by atoms with Gasteiger partial charge in [-0.15, -0.1) is 0 Å². The van der Waals surface area contributed by atoms with Gasteiger partial charge in [-0.2, -0.15) is 0 Å². The van der Waals surface area contributed by atoms with Crippen molar-refractivity contribution in [3.63, 3.8) is 0 Å². The lowest BCUT2D eigenvalue weighted by molar-refractivity contribution is -0.123. The number of carbonyl (C=O) groups excluding carboxylic acids is 1. The molecule has 0 saturated heterocycles. The van der Waals surface area contributed by atoms with Crippen LogP contribution in [0.15, 0.2) is 40.6 Å². The van der Waals surface area contributed by atoms with Crippen molar-refractivity contribution >= 4 is 23.4 Å². The largest absolute Gasteiger partial charge is 0.378 e. The molecule has 1 amide bonds. The van der Waals surface area contributed by atoms with E-state index in [-0.39, 0.29) is 5.91 Å². The number of aromatic amines is 1. The van der Waals surface area contributed by atoms with E-state index in [4.69, 9.17) is 0 Å². The van der Waals surface area contributed by atoms with Crippen molar-refractivity contribution in [2.45, 2.75) is 16.2 Å². The van der Waals surface area contributed by atoms with E-state index < -0.39 is 6.10 Å². The number of hydrogen-bond acceptors (Lipinski definition) is 4. The number of aromatic nitrogens is 2. The van der Waals surface area contributed by atoms with Gasteiger partial charge in [-0.05, 0) is 12.1 Å². The maximum absolute atomic E-state index is 11.3. The highest BCUT2D eigenvalue weighted by Crippen LogP contribution is 2.35. The van der Waals surface area contributed by atoms with Gasteiger partial charge in [-0.25, -0.2) is 4.98 Å². The molecule has 2 aromatic rings. The first-order valence-electron chi connectivity index (χ1n) is 5.04. The van der Waals surface area contributed by atoms with E-state index in [0.29, 0.717) is 11.3 Å². The van der Waals surface area contributed by atoms with Crippen LogP contribution in [-0.2, 0) is 4.79 Å². The fourth-order valence-corrected chi connectivity index (χ4v) is 2.48. The van der Waals surface area contributed by atoms with Crippen molar-refractivity contribution in [1.29, 1.82) is 0 Å². The number of nitrogens with one attached hydrogen (secondary N) is 2. The van der Waals surface area contributed by atoms with Gasteiger partial charge >= 0.3 is 0 Å². The molecule has 1 atom stereocenters. The summed E-state index contributed by atoms with van der Waals surface area (Å²) >= 11 is 1.46. The smallest absolute Gasteiger partial charge is 0.257 e. The van der Waals surface area contributed by atoms with Gasteiger partial charge < -0.3 is 15.4 Å². The van der Waals surface area contributed by atoms with Crippen LogP contribution < -0.4 is 5.32 Å². The number of carbonyl (C=O) groups is 1. The lowest BCUT2D eigenvalue weighted by Gasteiger charge is -2.03. The van der Waals surface area contributed by atoms with E-state index in [1.165, 1.54) is 11.8 Å². The molecule has 0 bridgehead atoms. The van der Waals surface area contributed by atoms with E-state index in [0.717, 1.165) is 10.1 Å². The molecular weight excluding hydrogens is 238 g/mol. The Morgan fingerprint density at radius 2 is 2.29 bits per heavy atom. The van der Waals surface area contributed by atoms with Crippen LogP contribution in [0.1, 0.15) is 11.7 Å². The Morgan fingerprint density at radius 3 is 3.06 bits per heavy atom. The van der Waals surface area contributed by atoms with E-state index in [9.17, 15) is 9.90 Å². The van der Waals surface area contributed by atoms with Crippen LogP contribution in [0.3, 0.4) is 0 Å². The molecule has 6 heteroatoms. The number of imidazole rings is 1. The highest BCUT2D eigenvalue weighted by Gasteiger charge is 2.28. The van der Waals surface area contributed by atoms with Crippen molar-refractivity contribution in [2.75, 3.05) is 5.32 Å². The summed E-state index contributed by atoms with van der Waals surface area (Å²) in [6.07, 6.45) is 2.38. The van der Waals surface area contributed by atoms with Gasteiger partial charge in [0.2, 0.25) is 0 Å². The molecule has 3 rings (SSSR count). The summed E-state index contributed by atoms with van der Waals surface area (Å²) in [4.78, 5) is 19.3. The van der Waals surface area contributed by atoms with Crippen molar-refractivity contribution in [3.05, 3.63) is 36.2 Å². The molecule has 86 valence electrons. The molecule has 1 aromatic heterocycles. The Kier molecular flexibility index (Phi) is 2.38. The van der Waals surface area contributed by atoms with Gasteiger partial charge in [0.05, 0.1) is 0 Å². The topological polar surface area (TPSA) is 78.0 Å². The molecular formula is C11H9N3O2S. The number of benzene rings is 1. The predicted molar refractivity (Wildman–Crippen MR) is 62.7 cm³/mol. The van der Waals surface area contributed by atoms with Crippen LogP contribution >= 0.6 is 11.8 Å². The second-order valence-electron chi connectivity index (χ2n) is 3.64. The van der Waals surface area contributed by atoms with Crippen molar-refractivity contribution in [1.82, 2.24) is 9.97 Å². The van der Waals surface area contributed by atoms with Gasteiger partial charge in [0.25, 0.3) is 5.91 Å². The highest BCUT2D eigenvalue weighted by atomic mass is 32.2. The van der Waals surface area contributed by atoms with Gasteiger partial charge in [-0.3, -0.25) is 4.79 Å². The second kappa shape index (κ2) is 3.90. The number of anilines is 1. The molecule has 3 N–H and O–H groups in total. The summed E-state index contributed by atoms with van der Waals surface area (Å²) in [6.45, 7) is 0. The molecule has 0 spiro atoms. The summed E-state index contributed by atoms with van der Waals surface area (Å²) in [7, 11) is 0. The van der Waals surface area contributed by atoms with Crippen LogP contribution in [0.4, 0.5) is 5.69 Å². The zero-order valence-electron chi connectivity index (χ0n) is 8.68. The zero-order chi connectivity index (χ0) is 11.8. The summed E-state index contributed by atoms with van der Waals surface area (Å²) in [6, 6.07) is 5.44. The number of aliphatic hydroxyl groups excluding tert-OH is 1. The van der Waals surface area contributed by atoms with Crippen LogP contribution in [0.5, 0.6) is 0 Å². The van der Waals surface area contributed by atoms with Gasteiger partial charge in [0, 0.05) is 28.5 Å². The third-order valence-corrected chi connectivity index (χ3v) is 3.42. The first-order chi connectivity index (χ1) is 8.24. The van der Waals surface area contributed by atoms with E-state index in [1.807, 2.05) is 12.1 Å². The minimum Gasteiger partial charge on any atom is -0.378 e. The van der Waals surface area contributed by atoms with Crippen LogP contribution in [-0.4, -0.2) is 21.0 Å². The van der Waals surface area contributed by atoms with Crippen molar-refractivity contribution < 1.29 is 9.90 Å². The number of fused-ring (bicyclic) bond motifs is 1. The molecule has 1 aliphatic rings. The van der Waals surface area contributed by atoms with Crippen LogP contribution in [0.2, 0.25) is 0 Å². The van der Waals surface area contributed by atoms with Crippen LogP contribution in [0.25, 0.3) is 0 Å². The number of H-pyrrole nitrogens is 1. The van der Waals surface area contributed by atoms with E-state index in [2.05, 4.69) is 15.3 Å². The average molecular weight is 247 g/mol. The molecule has 0 fully saturated rings. The normalized spacial score (nSPS) is 17.9. The number of hydrogen-bond donors (Lipinski definition) is 3. The highest BCUT2D eigenvalue weighted by molar-refractivity contribution is 7.99. The van der Waals surface area contributed by atoms with Gasteiger partial charge in [0.1, 0.15) is 0 Å². The van der Waals surface area contributed by atoms with Gasteiger partial charge in [0.15, 0.2) is 11.3 Å². The lowest BCUT2D eigenvalue weighted by atomic mass is 10.1. The fraction of sp³-hybridized carbons (Fsp3) is 0.0909.